The molecule has 2 aliphatic carbocycles. The van der Waals surface area contributed by atoms with Gasteiger partial charge >= 0.3 is 0 Å². The van der Waals surface area contributed by atoms with E-state index >= 15 is 0 Å². The van der Waals surface area contributed by atoms with Crippen molar-refractivity contribution in [1.29, 1.82) is 0 Å². The molecule has 1 aliphatic heterocycles. The third-order valence-corrected chi connectivity index (χ3v) is 10.7. The average molecular weight is 582 g/mol. The number of phenolic OH excluding ortho intramolecular Hbond substituents is 2. The third-order valence-electron chi connectivity index (χ3n) is 10.3. The molecule has 2 N–H and O–H groups in total. The monoisotopic (exact) mass is 580 g/mol. The average Bonchev–Trinajstić information content (AvgIpc) is 3.24. The molecule has 212 valence electrons. The number of hydrogen-bond donors (Lipinski definition) is 2. The Labute approximate surface area is 247 Å². The molecule has 2 aromatic carbocycles. The fourth-order valence-corrected chi connectivity index (χ4v) is 6.82. The predicted octanol–water partition coefficient (Wildman–Crippen LogP) is 7.69. The van der Waals surface area contributed by atoms with Crippen LogP contribution in [0.5, 0.6) is 11.5 Å². The highest BCUT2D eigenvalue weighted by molar-refractivity contribution is 6.31. The maximum atomic E-state index is 11.2. The first-order valence-corrected chi connectivity index (χ1v) is 14.6. The van der Waals surface area contributed by atoms with Crippen molar-refractivity contribution >= 4 is 48.1 Å². The Kier molecular flexibility index (Phi) is 7.19. The Bertz CT molecular complexity index is 1360. The second-order valence-corrected chi connectivity index (χ2v) is 13.9. The Morgan fingerprint density at radius 1 is 0.600 bits per heavy atom. The highest BCUT2D eigenvalue weighted by Crippen LogP contribution is 2.51. The SMILES string of the molecule is CC1(C)[C@@H]2CC[C@@]1(C)N=Cc1cc(Cl)cc(c1O)C=N[C@]1(C)CC[C@H](N=Cc3cc(Cl)cc(c3O)C=N2)C1(C)C. The molecule has 40 heavy (non-hydrogen) atoms. The Hall–Kier alpha value is -2.70. The summed E-state index contributed by atoms with van der Waals surface area (Å²) in [5.41, 5.74) is 0.797. The summed E-state index contributed by atoms with van der Waals surface area (Å²) in [7, 11) is 0. The van der Waals surface area contributed by atoms with Crippen molar-refractivity contribution in [2.75, 3.05) is 0 Å². The number of halogens is 2. The zero-order chi connectivity index (χ0) is 29.1. The minimum atomic E-state index is -0.427. The lowest BCUT2D eigenvalue weighted by Crippen LogP contribution is -2.40. The first-order chi connectivity index (χ1) is 18.7. The maximum Gasteiger partial charge on any atom is 0.133 e. The van der Waals surface area contributed by atoms with Crippen molar-refractivity contribution in [2.24, 2.45) is 30.8 Å². The molecule has 5 rings (SSSR count). The van der Waals surface area contributed by atoms with E-state index in [-0.39, 0.29) is 34.4 Å². The van der Waals surface area contributed by atoms with E-state index in [1.165, 1.54) is 0 Å². The van der Waals surface area contributed by atoms with Gasteiger partial charge in [0.1, 0.15) is 11.5 Å². The lowest BCUT2D eigenvalue weighted by Gasteiger charge is -2.37. The predicted molar refractivity (Wildman–Crippen MR) is 167 cm³/mol. The van der Waals surface area contributed by atoms with Crippen LogP contribution < -0.4 is 0 Å². The van der Waals surface area contributed by atoms with Crippen molar-refractivity contribution in [3.63, 3.8) is 0 Å². The van der Waals surface area contributed by atoms with Gasteiger partial charge in [0.25, 0.3) is 0 Å². The van der Waals surface area contributed by atoms with Crippen LogP contribution in [0.4, 0.5) is 0 Å². The fraction of sp³-hybridized carbons (Fsp3) is 0.500. The zero-order valence-corrected chi connectivity index (χ0v) is 25.6. The number of benzene rings is 2. The Morgan fingerprint density at radius 2 is 0.925 bits per heavy atom. The van der Waals surface area contributed by atoms with E-state index in [2.05, 4.69) is 41.5 Å². The molecule has 0 radical (unpaired) electrons. The summed E-state index contributed by atoms with van der Waals surface area (Å²) >= 11 is 13.0. The normalized spacial score (nSPS) is 30.5. The largest absolute Gasteiger partial charge is 0.507 e. The molecule has 3 aliphatic rings. The minimum Gasteiger partial charge on any atom is -0.507 e. The lowest BCUT2D eigenvalue weighted by molar-refractivity contribution is 0.211. The number of hydrogen-bond acceptors (Lipinski definition) is 6. The zero-order valence-electron chi connectivity index (χ0n) is 24.0. The van der Waals surface area contributed by atoms with Crippen molar-refractivity contribution in [3.8, 4) is 11.5 Å². The molecule has 2 saturated carbocycles. The van der Waals surface area contributed by atoms with Crippen LogP contribution in [0.2, 0.25) is 10.0 Å². The van der Waals surface area contributed by atoms with Gasteiger partial charge in [-0.05, 0) is 63.8 Å². The second-order valence-electron chi connectivity index (χ2n) is 13.0. The van der Waals surface area contributed by atoms with E-state index in [0.29, 0.717) is 32.3 Å². The number of nitrogens with zero attached hydrogens (tertiary/aromatic N) is 4. The molecule has 4 atom stereocenters. The summed E-state index contributed by atoms with van der Waals surface area (Å²) in [6, 6.07) is 6.88. The highest BCUT2D eigenvalue weighted by Gasteiger charge is 2.52. The molecular formula is C32H38Cl2N4O2. The molecule has 6 nitrogen and oxygen atoms in total. The van der Waals surface area contributed by atoms with E-state index in [0.717, 1.165) is 25.7 Å². The molecular weight excluding hydrogens is 543 g/mol. The first kappa shape index (κ1) is 28.8. The highest BCUT2D eigenvalue weighted by atomic mass is 35.5. The molecule has 0 aromatic heterocycles. The topological polar surface area (TPSA) is 89.9 Å². The van der Waals surface area contributed by atoms with Crippen LogP contribution in [-0.4, -0.2) is 58.2 Å². The summed E-state index contributed by atoms with van der Waals surface area (Å²) in [6.07, 6.45) is 10.2. The summed E-state index contributed by atoms with van der Waals surface area (Å²) in [5, 5.41) is 23.4. The molecule has 0 amide bonds. The van der Waals surface area contributed by atoms with E-state index in [4.69, 9.17) is 43.2 Å². The van der Waals surface area contributed by atoms with E-state index < -0.39 is 11.1 Å². The van der Waals surface area contributed by atoms with E-state index in [9.17, 15) is 10.2 Å². The van der Waals surface area contributed by atoms with Gasteiger partial charge in [-0.2, -0.15) is 0 Å². The summed E-state index contributed by atoms with van der Waals surface area (Å²) in [4.78, 5) is 19.9. The van der Waals surface area contributed by atoms with Crippen molar-refractivity contribution in [2.45, 2.75) is 90.4 Å². The summed E-state index contributed by atoms with van der Waals surface area (Å²) in [6.45, 7) is 12.9. The number of aromatic hydroxyl groups is 2. The van der Waals surface area contributed by atoms with Crippen LogP contribution in [-0.2, 0) is 0 Å². The molecule has 0 unspecified atom stereocenters. The molecule has 2 fully saturated rings. The molecule has 8 heteroatoms. The van der Waals surface area contributed by atoms with Gasteiger partial charge in [-0.15, -0.1) is 0 Å². The molecule has 2 aromatic rings. The third kappa shape index (κ3) is 4.77. The smallest absolute Gasteiger partial charge is 0.133 e. The summed E-state index contributed by atoms with van der Waals surface area (Å²) in [5.74, 6) is 0.227. The standard InChI is InChI=1S/C32H38Cl2N4O2/c1-29(2)25-7-9-31(29,5)37-17-21-13-24(34)14-22(28(21)40)18-38-32(6)10-8-26(30(32,3)4)36-16-20-12-23(33)11-19(15-35-25)27(20)39/h11-18,25-26,39-40H,7-10H2,1-6H3/t25-,26-,31+,32+/m0/s1. The van der Waals surface area contributed by atoms with Crippen LogP contribution in [0, 0.1) is 10.8 Å². The molecule has 1 heterocycles. The van der Waals surface area contributed by atoms with Gasteiger partial charge in [0.15, 0.2) is 0 Å². The molecule has 8 bridgehead atoms. The fourth-order valence-electron chi connectivity index (χ4n) is 6.35. The van der Waals surface area contributed by atoms with Crippen molar-refractivity contribution in [1.82, 2.24) is 0 Å². The van der Waals surface area contributed by atoms with Gasteiger partial charge in [-0.25, -0.2) is 0 Å². The van der Waals surface area contributed by atoms with Crippen LogP contribution in [0.15, 0.2) is 44.2 Å². The van der Waals surface area contributed by atoms with Crippen LogP contribution >= 0.6 is 23.2 Å². The van der Waals surface area contributed by atoms with Gasteiger partial charge in [0, 0.05) is 68.0 Å². The lowest BCUT2D eigenvalue weighted by atomic mass is 9.74. The quantitative estimate of drug-likeness (QED) is 0.334. The van der Waals surface area contributed by atoms with Crippen molar-refractivity contribution in [3.05, 3.63) is 56.6 Å². The van der Waals surface area contributed by atoms with Gasteiger partial charge in [-0.1, -0.05) is 50.9 Å². The van der Waals surface area contributed by atoms with Gasteiger partial charge in [0.2, 0.25) is 0 Å². The summed E-state index contributed by atoms with van der Waals surface area (Å²) < 4.78 is 0. The van der Waals surface area contributed by atoms with E-state index in [1.54, 1.807) is 49.1 Å². The van der Waals surface area contributed by atoms with Gasteiger partial charge in [-0.3, -0.25) is 20.0 Å². The van der Waals surface area contributed by atoms with Gasteiger partial charge < -0.3 is 10.2 Å². The van der Waals surface area contributed by atoms with Crippen LogP contribution in [0.1, 0.15) is 89.5 Å². The number of aliphatic imine (C=N–C) groups is 4. The number of rotatable bonds is 0. The molecule has 0 saturated heterocycles. The second kappa shape index (κ2) is 9.99. The van der Waals surface area contributed by atoms with Crippen LogP contribution in [0.3, 0.4) is 0 Å². The first-order valence-electron chi connectivity index (χ1n) is 13.9. The van der Waals surface area contributed by atoms with Crippen molar-refractivity contribution < 1.29 is 10.2 Å². The van der Waals surface area contributed by atoms with Gasteiger partial charge in [0.05, 0.1) is 23.2 Å². The Morgan fingerprint density at radius 3 is 1.27 bits per heavy atom. The number of fused-ring (bicyclic) bond motifs is 8. The molecule has 0 spiro atoms. The maximum absolute atomic E-state index is 11.2. The van der Waals surface area contributed by atoms with E-state index in [1.807, 2.05) is 0 Å². The Balaban J connectivity index is 1.66. The minimum absolute atomic E-state index is 0.0247. The van der Waals surface area contributed by atoms with Crippen LogP contribution in [0.25, 0.3) is 0 Å². The number of phenols is 2.